The molecule has 1 aromatic rings. The van der Waals surface area contributed by atoms with Gasteiger partial charge in [0.1, 0.15) is 12.4 Å². The highest BCUT2D eigenvalue weighted by molar-refractivity contribution is 5.32. The summed E-state index contributed by atoms with van der Waals surface area (Å²) < 4.78 is 11.0. The molecule has 0 fully saturated rings. The lowest BCUT2D eigenvalue weighted by atomic mass is 10.2. The van der Waals surface area contributed by atoms with E-state index >= 15 is 0 Å². The van der Waals surface area contributed by atoms with Gasteiger partial charge in [-0.2, -0.15) is 4.98 Å². The molecule has 1 rings (SSSR count). The van der Waals surface area contributed by atoms with Gasteiger partial charge in [-0.3, -0.25) is 4.98 Å². The summed E-state index contributed by atoms with van der Waals surface area (Å²) in [6, 6.07) is 0. The maximum absolute atomic E-state index is 5.54. The van der Waals surface area contributed by atoms with Gasteiger partial charge in [-0.05, 0) is 27.7 Å². The van der Waals surface area contributed by atoms with Crippen LogP contribution in [-0.4, -0.2) is 35.3 Å². The van der Waals surface area contributed by atoms with Crippen molar-refractivity contribution in [1.29, 1.82) is 0 Å². The Hall–Kier alpha value is -1.36. The van der Waals surface area contributed by atoms with E-state index in [0.29, 0.717) is 19.1 Å². The molecule has 0 bridgehead atoms. The molecule has 5 nitrogen and oxygen atoms in total. The summed E-state index contributed by atoms with van der Waals surface area (Å²) >= 11 is 0. The van der Waals surface area contributed by atoms with Crippen LogP contribution in [-0.2, 0) is 4.74 Å². The van der Waals surface area contributed by atoms with Crippen molar-refractivity contribution in [2.24, 2.45) is 0 Å². The number of rotatable bonds is 6. The van der Waals surface area contributed by atoms with Crippen molar-refractivity contribution in [3.8, 4) is 5.88 Å². The summed E-state index contributed by atoms with van der Waals surface area (Å²) in [4.78, 5) is 8.29. The van der Waals surface area contributed by atoms with E-state index in [2.05, 4.69) is 15.3 Å². The van der Waals surface area contributed by atoms with Crippen LogP contribution in [0.5, 0.6) is 5.88 Å². The van der Waals surface area contributed by atoms with Gasteiger partial charge in [0, 0.05) is 6.54 Å². The monoisotopic (exact) mass is 239 g/mol. The number of aromatic nitrogens is 2. The molecule has 1 aromatic heterocycles. The molecular formula is C12H21N3O2. The zero-order valence-corrected chi connectivity index (χ0v) is 11.0. The van der Waals surface area contributed by atoms with E-state index in [1.54, 1.807) is 12.4 Å². The summed E-state index contributed by atoms with van der Waals surface area (Å²) in [5.41, 5.74) is -0.138. The van der Waals surface area contributed by atoms with Crippen LogP contribution < -0.4 is 10.1 Å². The van der Waals surface area contributed by atoms with Crippen LogP contribution in [0.3, 0.4) is 0 Å². The van der Waals surface area contributed by atoms with Crippen LogP contribution in [0.15, 0.2) is 12.4 Å². The maximum Gasteiger partial charge on any atom is 0.234 e. The van der Waals surface area contributed by atoms with Crippen molar-refractivity contribution < 1.29 is 9.47 Å². The van der Waals surface area contributed by atoms with Crippen LogP contribution in [0.1, 0.15) is 27.7 Å². The smallest absolute Gasteiger partial charge is 0.234 e. The Labute approximate surface area is 103 Å². The molecule has 0 atom stereocenters. The molecule has 0 saturated heterocycles. The zero-order chi connectivity index (χ0) is 12.7. The SMILES string of the molecule is CCNc1cncc(OCCOC(C)(C)C)n1. The highest BCUT2D eigenvalue weighted by atomic mass is 16.5. The molecule has 96 valence electrons. The molecular weight excluding hydrogens is 218 g/mol. The van der Waals surface area contributed by atoms with Gasteiger partial charge in [0.2, 0.25) is 5.88 Å². The van der Waals surface area contributed by atoms with Gasteiger partial charge in [0.15, 0.2) is 0 Å². The van der Waals surface area contributed by atoms with E-state index in [1.807, 2.05) is 27.7 Å². The fourth-order valence-corrected chi connectivity index (χ4v) is 1.18. The summed E-state index contributed by atoms with van der Waals surface area (Å²) in [5.74, 6) is 1.24. The second kappa shape index (κ2) is 6.39. The van der Waals surface area contributed by atoms with Gasteiger partial charge in [-0.1, -0.05) is 0 Å². The molecule has 17 heavy (non-hydrogen) atoms. The lowest BCUT2D eigenvalue weighted by molar-refractivity contribution is -0.0168. The molecule has 0 amide bonds. The van der Waals surface area contributed by atoms with Crippen LogP contribution in [0.4, 0.5) is 5.82 Å². The third kappa shape index (κ3) is 6.06. The van der Waals surface area contributed by atoms with Gasteiger partial charge in [-0.15, -0.1) is 0 Å². The van der Waals surface area contributed by atoms with E-state index in [4.69, 9.17) is 9.47 Å². The first-order valence-electron chi connectivity index (χ1n) is 5.84. The summed E-state index contributed by atoms with van der Waals surface area (Å²) in [7, 11) is 0. The van der Waals surface area contributed by atoms with Gasteiger partial charge in [0.25, 0.3) is 0 Å². The van der Waals surface area contributed by atoms with Crippen LogP contribution in [0, 0.1) is 0 Å². The molecule has 0 aromatic carbocycles. The molecule has 0 aliphatic carbocycles. The lowest BCUT2D eigenvalue weighted by Crippen LogP contribution is -2.22. The highest BCUT2D eigenvalue weighted by Crippen LogP contribution is 2.09. The Morgan fingerprint density at radius 1 is 1.24 bits per heavy atom. The predicted molar refractivity (Wildman–Crippen MR) is 67.4 cm³/mol. The van der Waals surface area contributed by atoms with Crippen LogP contribution in [0.25, 0.3) is 0 Å². The Balaban J connectivity index is 2.34. The minimum absolute atomic E-state index is 0.138. The van der Waals surface area contributed by atoms with Crippen molar-refractivity contribution in [2.75, 3.05) is 25.1 Å². The average Bonchev–Trinajstić information content (AvgIpc) is 2.24. The van der Waals surface area contributed by atoms with Crippen molar-refractivity contribution in [2.45, 2.75) is 33.3 Å². The largest absolute Gasteiger partial charge is 0.474 e. The van der Waals surface area contributed by atoms with E-state index in [1.165, 1.54) is 0 Å². The lowest BCUT2D eigenvalue weighted by Gasteiger charge is -2.19. The molecule has 0 unspecified atom stereocenters. The fraction of sp³-hybridized carbons (Fsp3) is 0.667. The maximum atomic E-state index is 5.54. The molecule has 1 N–H and O–H groups in total. The van der Waals surface area contributed by atoms with E-state index in [0.717, 1.165) is 12.4 Å². The summed E-state index contributed by atoms with van der Waals surface area (Å²) in [5, 5.41) is 3.08. The quantitative estimate of drug-likeness (QED) is 0.770. The summed E-state index contributed by atoms with van der Waals surface area (Å²) in [6.07, 6.45) is 3.26. The van der Waals surface area contributed by atoms with E-state index < -0.39 is 0 Å². The Morgan fingerprint density at radius 3 is 2.65 bits per heavy atom. The van der Waals surface area contributed by atoms with Gasteiger partial charge in [0.05, 0.1) is 24.6 Å². The first-order valence-corrected chi connectivity index (χ1v) is 5.84. The number of ether oxygens (including phenoxy) is 2. The highest BCUT2D eigenvalue weighted by Gasteiger charge is 2.09. The molecule has 0 spiro atoms. The molecule has 1 heterocycles. The Kier molecular flexibility index (Phi) is 5.15. The minimum Gasteiger partial charge on any atom is -0.474 e. The van der Waals surface area contributed by atoms with Gasteiger partial charge in [-0.25, -0.2) is 0 Å². The van der Waals surface area contributed by atoms with Crippen molar-refractivity contribution in [3.05, 3.63) is 12.4 Å². The topological polar surface area (TPSA) is 56.3 Å². The third-order valence-electron chi connectivity index (χ3n) is 1.84. The van der Waals surface area contributed by atoms with Crippen molar-refractivity contribution in [1.82, 2.24) is 9.97 Å². The number of nitrogens with zero attached hydrogens (tertiary/aromatic N) is 2. The first kappa shape index (κ1) is 13.7. The van der Waals surface area contributed by atoms with Crippen LogP contribution >= 0.6 is 0 Å². The third-order valence-corrected chi connectivity index (χ3v) is 1.84. The molecule has 0 aliphatic heterocycles. The number of nitrogens with one attached hydrogen (secondary N) is 1. The zero-order valence-electron chi connectivity index (χ0n) is 11.0. The minimum atomic E-state index is -0.138. The Bertz CT molecular complexity index is 337. The van der Waals surface area contributed by atoms with Crippen LogP contribution in [0.2, 0.25) is 0 Å². The molecule has 5 heteroatoms. The first-order chi connectivity index (χ1) is 8.01. The fourth-order valence-electron chi connectivity index (χ4n) is 1.18. The van der Waals surface area contributed by atoms with Crippen molar-refractivity contribution >= 4 is 5.82 Å². The second-order valence-electron chi connectivity index (χ2n) is 4.58. The molecule has 0 aliphatic rings. The standard InChI is InChI=1S/C12H21N3O2/c1-5-14-10-8-13-9-11(15-10)16-6-7-17-12(2,3)4/h8-9H,5-7H2,1-4H3,(H,14,15). The average molecular weight is 239 g/mol. The molecule has 0 radical (unpaired) electrons. The van der Waals surface area contributed by atoms with Gasteiger partial charge >= 0.3 is 0 Å². The number of hydrogen-bond donors (Lipinski definition) is 1. The normalized spacial score (nSPS) is 11.3. The Morgan fingerprint density at radius 2 is 2.00 bits per heavy atom. The number of hydrogen-bond acceptors (Lipinski definition) is 5. The van der Waals surface area contributed by atoms with E-state index in [9.17, 15) is 0 Å². The van der Waals surface area contributed by atoms with Crippen molar-refractivity contribution in [3.63, 3.8) is 0 Å². The van der Waals surface area contributed by atoms with E-state index in [-0.39, 0.29) is 5.60 Å². The predicted octanol–water partition coefficient (Wildman–Crippen LogP) is 2.10. The van der Waals surface area contributed by atoms with Gasteiger partial charge < -0.3 is 14.8 Å². The second-order valence-corrected chi connectivity index (χ2v) is 4.58. The summed E-state index contributed by atoms with van der Waals surface area (Å²) in [6.45, 7) is 9.87. The number of anilines is 1. The molecule has 0 saturated carbocycles.